The molecule has 0 saturated carbocycles. The fourth-order valence-corrected chi connectivity index (χ4v) is 1.08. The molecule has 0 radical (unpaired) electrons. The lowest BCUT2D eigenvalue weighted by Gasteiger charge is -2.08. The molecular formula is C9H6F2N2O3. The van der Waals surface area contributed by atoms with Crippen LogP contribution >= 0.6 is 0 Å². The molecule has 7 heteroatoms. The van der Waals surface area contributed by atoms with Crippen LogP contribution in [0.5, 0.6) is 5.88 Å². The molecule has 5 nitrogen and oxygen atoms in total. The Morgan fingerprint density at radius 3 is 2.69 bits per heavy atom. The highest BCUT2D eigenvalue weighted by atomic mass is 19.3. The molecule has 1 N–H and O–H groups in total. The van der Waals surface area contributed by atoms with E-state index in [1.165, 1.54) is 6.07 Å². The van der Waals surface area contributed by atoms with Gasteiger partial charge in [-0.1, -0.05) is 0 Å². The summed E-state index contributed by atoms with van der Waals surface area (Å²) in [7, 11) is 1.11. The zero-order valence-corrected chi connectivity index (χ0v) is 8.07. The lowest BCUT2D eigenvalue weighted by molar-refractivity contribution is 0.0695. The Hall–Kier alpha value is -2.23. The summed E-state index contributed by atoms with van der Waals surface area (Å²) in [5.41, 5.74) is -1.69. The number of methoxy groups -OCH3 is 1. The number of carboxylic acids is 1. The van der Waals surface area contributed by atoms with Gasteiger partial charge in [0.2, 0.25) is 5.88 Å². The monoisotopic (exact) mass is 228 g/mol. The molecule has 0 aromatic carbocycles. The third-order valence-electron chi connectivity index (χ3n) is 1.78. The van der Waals surface area contributed by atoms with Crippen molar-refractivity contribution >= 4 is 5.97 Å². The van der Waals surface area contributed by atoms with E-state index in [4.69, 9.17) is 10.4 Å². The first-order valence-corrected chi connectivity index (χ1v) is 4.01. The van der Waals surface area contributed by atoms with E-state index in [1.54, 1.807) is 0 Å². The van der Waals surface area contributed by atoms with E-state index in [1.807, 2.05) is 0 Å². The zero-order valence-electron chi connectivity index (χ0n) is 8.07. The van der Waals surface area contributed by atoms with E-state index < -0.39 is 35.1 Å². The smallest absolute Gasteiger partial charge is 0.338 e. The van der Waals surface area contributed by atoms with Crippen molar-refractivity contribution in [1.29, 1.82) is 5.26 Å². The standard InChI is InChI=1S/C9H6F2N2O3/c1-16-8-5(7(10)11)2-4(9(14)15)6(3-12)13-8/h2,7H,1H3,(H,14,15). The van der Waals surface area contributed by atoms with Crippen molar-refractivity contribution in [2.75, 3.05) is 7.11 Å². The maximum absolute atomic E-state index is 12.5. The number of aromatic nitrogens is 1. The van der Waals surface area contributed by atoms with Crippen molar-refractivity contribution in [2.24, 2.45) is 0 Å². The van der Waals surface area contributed by atoms with Gasteiger partial charge in [-0.05, 0) is 6.07 Å². The predicted molar refractivity (Wildman–Crippen MR) is 47.4 cm³/mol. The van der Waals surface area contributed by atoms with Crippen molar-refractivity contribution in [3.8, 4) is 11.9 Å². The Balaban J connectivity index is 3.48. The number of aromatic carboxylic acids is 1. The SMILES string of the molecule is COc1nc(C#N)c(C(=O)O)cc1C(F)F. The first kappa shape index (κ1) is 11.8. The van der Waals surface area contributed by atoms with Gasteiger partial charge in [0.1, 0.15) is 6.07 Å². The molecular weight excluding hydrogens is 222 g/mol. The van der Waals surface area contributed by atoms with Crippen LogP contribution in [0.15, 0.2) is 6.07 Å². The minimum Gasteiger partial charge on any atom is -0.481 e. The molecule has 0 fully saturated rings. The van der Waals surface area contributed by atoms with Gasteiger partial charge in [-0.3, -0.25) is 0 Å². The van der Waals surface area contributed by atoms with Gasteiger partial charge in [0, 0.05) is 0 Å². The fourth-order valence-electron chi connectivity index (χ4n) is 1.08. The summed E-state index contributed by atoms with van der Waals surface area (Å²) >= 11 is 0. The molecule has 0 spiro atoms. The second kappa shape index (κ2) is 4.53. The van der Waals surface area contributed by atoms with Crippen LogP contribution in [-0.4, -0.2) is 23.2 Å². The summed E-state index contributed by atoms with van der Waals surface area (Å²) in [6, 6.07) is 2.19. The number of rotatable bonds is 3. The summed E-state index contributed by atoms with van der Waals surface area (Å²) in [4.78, 5) is 14.1. The maximum Gasteiger partial charge on any atom is 0.338 e. The van der Waals surface area contributed by atoms with Gasteiger partial charge in [0.25, 0.3) is 6.43 Å². The molecule has 1 rings (SSSR count). The Bertz CT molecular complexity index is 469. The number of carboxylic acid groups (broad SMARTS) is 1. The van der Waals surface area contributed by atoms with Gasteiger partial charge < -0.3 is 9.84 Å². The predicted octanol–water partition coefficient (Wildman–Crippen LogP) is 1.60. The van der Waals surface area contributed by atoms with Gasteiger partial charge in [-0.25, -0.2) is 18.6 Å². The lowest BCUT2D eigenvalue weighted by atomic mass is 10.1. The third-order valence-corrected chi connectivity index (χ3v) is 1.78. The second-order valence-corrected chi connectivity index (χ2v) is 2.70. The number of carbonyl (C=O) groups is 1. The van der Waals surface area contributed by atoms with Crippen LogP contribution in [0.25, 0.3) is 0 Å². The molecule has 0 aliphatic carbocycles. The van der Waals surface area contributed by atoms with Crippen LogP contribution < -0.4 is 4.74 Å². The van der Waals surface area contributed by atoms with Crippen LogP contribution in [-0.2, 0) is 0 Å². The Kier molecular flexibility index (Phi) is 3.35. The number of pyridine rings is 1. The Morgan fingerprint density at radius 2 is 2.31 bits per heavy atom. The van der Waals surface area contributed by atoms with E-state index in [0.717, 1.165) is 7.11 Å². The molecule has 84 valence electrons. The highest BCUT2D eigenvalue weighted by molar-refractivity contribution is 5.90. The van der Waals surface area contributed by atoms with E-state index in [2.05, 4.69) is 9.72 Å². The minimum absolute atomic E-state index is 0.448. The molecule has 1 aromatic heterocycles. The van der Waals surface area contributed by atoms with Crippen molar-refractivity contribution in [1.82, 2.24) is 4.98 Å². The molecule has 0 atom stereocenters. The fraction of sp³-hybridized carbons (Fsp3) is 0.222. The summed E-state index contributed by atoms with van der Waals surface area (Å²) in [5.74, 6) is -1.94. The van der Waals surface area contributed by atoms with Gasteiger partial charge in [0.05, 0.1) is 18.2 Å². The number of nitrogens with zero attached hydrogens (tertiary/aromatic N) is 2. The third kappa shape index (κ3) is 2.06. The molecule has 1 heterocycles. The van der Waals surface area contributed by atoms with Crippen molar-refractivity contribution in [3.63, 3.8) is 0 Å². The first-order chi connectivity index (χ1) is 7.51. The van der Waals surface area contributed by atoms with Gasteiger partial charge in [0.15, 0.2) is 5.69 Å². The molecule has 0 amide bonds. The average Bonchev–Trinajstić information content (AvgIpc) is 2.26. The number of ether oxygens (including phenoxy) is 1. The molecule has 1 aromatic rings. The van der Waals surface area contributed by atoms with Crippen molar-refractivity contribution in [3.05, 3.63) is 22.9 Å². The van der Waals surface area contributed by atoms with Crippen LogP contribution in [0.4, 0.5) is 8.78 Å². The second-order valence-electron chi connectivity index (χ2n) is 2.70. The van der Waals surface area contributed by atoms with Crippen LogP contribution in [0, 0.1) is 11.3 Å². The van der Waals surface area contributed by atoms with E-state index >= 15 is 0 Å². The summed E-state index contributed by atoms with van der Waals surface area (Å²) in [5, 5.41) is 17.3. The van der Waals surface area contributed by atoms with Crippen LogP contribution in [0.1, 0.15) is 28.0 Å². The Labute approximate surface area is 88.9 Å². The quantitative estimate of drug-likeness (QED) is 0.849. The van der Waals surface area contributed by atoms with E-state index in [9.17, 15) is 13.6 Å². The minimum atomic E-state index is -2.92. The summed E-state index contributed by atoms with van der Waals surface area (Å²) in [6.45, 7) is 0. The molecule has 0 unspecified atom stereocenters. The summed E-state index contributed by atoms with van der Waals surface area (Å²) < 4.78 is 29.5. The van der Waals surface area contributed by atoms with Gasteiger partial charge >= 0.3 is 5.97 Å². The maximum atomic E-state index is 12.5. The van der Waals surface area contributed by atoms with E-state index in [-0.39, 0.29) is 0 Å². The highest BCUT2D eigenvalue weighted by Crippen LogP contribution is 2.29. The molecule has 0 saturated heterocycles. The van der Waals surface area contributed by atoms with Crippen molar-refractivity contribution < 1.29 is 23.4 Å². The van der Waals surface area contributed by atoms with E-state index in [0.29, 0.717) is 6.07 Å². The molecule has 0 aliphatic rings. The average molecular weight is 228 g/mol. The van der Waals surface area contributed by atoms with Gasteiger partial charge in [-0.2, -0.15) is 5.26 Å². The molecule has 16 heavy (non-hydrogen) atoms. The van der Waals surface area contributed by atoms with Gasteiger partial charge in [-0.15, -0.1) is 0 Å². The zero-order chi connectivity index (χ0) is 12.3. The van der Waals surface area contributed by atoms with Crippen molar-refractivity contribution in [2.45, 2.75) is 6.43 Å². The normalized spacial score (nSPS) is 9.94. The first-order valence-electron chi connectivity index (χ1n) is 4.01. The number of nitriles is 1. The number of hydrogen-bond donors (Lipinski definition) is 1. The highest BCUT2D eigenvalue weighted by Gasteiger charge is 2.22. The summed E-state index contributed by atoms with van der Waals surface area (Å²) in [6.07, 6.45) is -2.92. The topological polar surface area (TPSA) is 83.2 Å². The molecule has 0 aliphatic heterocycles. The molecule has 0 bridgehead atoms. The number of hydrogen-bond acceptors (Lipinski definition) is 4. The van der Waals surface area contributed by atoms with Crippen LogP contribution in [0.2, 0.25) is 0 Å². The van der Waals surface area contributed by atoms with Crippen LogP contribution in [0.3, 0.4) is 0 Å². The largest absolute Gasteiger partial charge is 0.481 e. The number of alkyl halides is 2. The number of halogens is 2. The Morgan fingerprint density at radius 1 is 1.69 bits per heavy atom. The lowest BCUT2D eigenvalue weighted by Crippen LogP contribution is -2.07.